The number of carbonyl (C=O) groups excluding carboxylic acids is 3. The minimum absolute atomic E-state index is 0.0403. The van der Waals surface area contributed by atoms with E-state index in [1.54, 1.807) is 10.8 Å². The number of amides is 2. The van der Waals surface area contributed by atoms with Gasteiger partial charge in [-0.3, -0.25) is 24.1 Å². The van der Waals surface area contributed by atoms with E-state index in [2.05, 4.69) is 15.5 Å². The molecule has 7 N–H and O–H groups in total. The predicted molar refractivity (Wildman–Crippen MR) is 197 cm³/mol. The Balaban J connectivity index is 1.27. The standard InChI is InChI=1S/C34H37N7O12S2/c1-3-39-11-16(27(45)18-6-7-20(42)28(46)26(18)39)12-41(8-4-5-9-41)13-17-14-54-31-24(30(48)40(31)25(17)33(51)52-2)37-29(47)23(19-15-55-34(35)36-19)38-53-21(32(49)50)10-22(43)44/h6-7,11,15,21,24,31H,3-5,8-10,12-14H2,1-2H3,(H6-,35,36,37,38,42,43,44,45,46,47,49,50)/p+1/t21-,24?,31?/m0/s1. The van der Waals surface area contributed by atoms with Crippen molar-refractivity contribution in [1.82, 2.24) is 19.8 Å². The smallest absolute Gasteiger partial charge is 0.355 e. The molecule has 0 saturated carbocycles. The number of anilines is 1. The number of aromatic nitrogens is 2. The van der Waals surface area contributed by atoms with Crippen molar-refractivity contribution < 1.29 is 58.5 Å². The molecule has 3 atom stereocenters. The number of carbonyl (C=O) groups is 5. The number of quaternary nitrogens is 1. The van der Waals surface area contributed by atoms with E-state index in [0.29, 0.717) is 48.3 Å². The Kier molecular flexibility index (Phi) is 11.1. The fourth-order valence-corrected chi connectivity index (χ4v) is 9.06. The van der Waals surface area contributed by atoms with Gasteiger partial charge in [0, 0.05) is 42.3 Å². The lowest BCUT2D eigenvalue weighted by Gasteiger charge is -2.50. The van der Waals surface area contributed by atoms with Crippen molar-refractivity contribution in [3.63, 3.8) is 0 Å². The summed E-state index contributed by atoms with van der Waals surface area (Å²) in [5, 5.41) is 46.2. The first-order valence-electron chi connectivity index (χ1n) is 17.1. The normalized spacial score (nSPS) is 19.8. The number of benzene rings is 1. The number of rotatable bonds is 14. The molecule has 0 bridgehead atoms. The number of nitrogens with one attached hydrogen (secondary N) is 1. The highest BCUT2D eigenvalue weighted by Gasteiger charge is 2.55. The van der Waals surface area contributed by atoms with Crippen LogP contribution in [0.4, 0.5) is 5.13 Å². The number of nitrogens with two attached hydrogens (primary N) is 1. The number of β-lactam (4-membered cyclic amide) rings is 1. The number of methoxy groups -OCH3 is 1. The number of aliphatic carboxylic acids is 2. The average molecular weight is 801 g/mol. The molecular weight excluding hydrogens is 763 g/mol. The average Bonchev–Trinajstić information content (AvgIpc) is 3.80. The van der Waals surface area contributed by atoms with Gasteiger partial charge in [-0.2, -0.15) is 0 Å². The Hall–Kier alpha value is -5.67. The number of ether oxygens (including phenoxy) is 1. The van der Waals surface area contributed by atoms with Crippen LogP contribution in [-0.2, 0) is 46.6 Å². The number of pyridine rings is 1. The first-order chi connectivity index (χ1) is 26.2. The molecule has 2 aromatic heterocycles. The number of carboxylic acid groups (broad SMARTS) is 2. The van der Waals surface area contributed by atoms with Gasteiger partial charge in [0.05, 0.1) is 43.1 Å². The van der Waals surface area contributed by atoms with Crippen molar-refractivity contribution >= 4 is 74.6 Å². The van der Waals surface area contributed by atoms with Crippen molar-refractivity contribution in [2.24, 2.45) is 5.16 Å². The molecule has 0 radical (unpaired) electrons. The Morgan fingerprint density at radius 1 is 1.15 bits per heavy atom. The molecule has 2 amide bonds. The number of nitrogens with zero attached hydrogens (tertiary/aromatic N) is 5. The van der Waals surface area contributed by atoms with E-state index in [0.717, 1.165) is 24.2 Å². The molecule has 2 fully saturated rings. The number of esters is 1. The molecule has 6 rings (SSSR count). The van der Waals surface area contributed by atoms with E-state index in [-0.39, 0.29) is 50.1 Å². The van der Waals surface area contributed by atoms with E-state index in [9.17, 15) is 44.1 Å². The largest absolute Gasteiger partial charge is 0.504 e. The van der Waals surface area contributed by atoms with Crippen LogP contribution in [0.2, 0.25) is 0 Å². The number of aromatic hydroxyl groups is 2. The zero-order valence-corrected chi connectivity index (χ0v) is 31.2. The maximum atomic E-state index is 13.8. The third kappa shape index (κ3) is 7.54. The first kappa shape index (κ1) is 39.0. The van der Waals surface area contributed by atoms with Crippen LogP contribution >= 0.6 is 23.1 Å². The maximum Gasteiger partial charge on any atom is 0.355 e. The van der Waals surface area contributed by atoms with Crippen LogP contribution in [0.25, 0.3) is 10.9 Å². The Morgan fingerprint density at radius 2 is 1.87 bits per heavy atom. The second kappa shape index (κ2) is 15.6. The van der Waals surface area contributed by atoms with Crippen LogP contribution in [0.3, 0.4) is 0 Å². The quantitative estimate of drug-likeness (QED) is 0.0328. The SMILES string of the molecule is CCn1cc(C[N+]2(CC3=C(C(=O)OC)N4C(=O)C(NC(=O)/C(=N\O[C@@H](CC(=O)O)C(=O)O)c5csc(N)n5)C4SC3)CCCC2)c(=O)c2ccc(O)c(O)c21. The molecule has 2 unspecified atom stereocenters. The molecule has 0 spiro atoms. The number of carboxylic acids is 2. The lowest BCUT2D eigenvalue weighted by Crippen LogP contribution is -2.71. The van der Waals surface area contributed by atoms with Crippen LogP contribution in [0.1, 0.15) is 37.4 Å². The minimum Gasteiger partial charge on any atom is -0.504 e. The molecule has 19 nitrogen and oxygen atoms in total. The third-order valence-corrected chi connectivity index (χ3v) is 11.8. The summed E-state index contributed by atoms with van der Waals surface area (Å²) in [6, 6.07) is 1.60. The number of thioether (sulfide) groups is 1. The van der Waals surface area contributed by atoms with Gasteiger partial charge in [0.25, 0.3) is 11.8 Å². The van der Waals surface area contributed by atoms with Gasteiger partial charge in [0.15, 0.2) is 27.8 Å². The Labute approximate surface area is 320 Å². The van der Waals surface area contributed by atoms with Gasteiger partial charge in [0.2, 0.25) is 6.10 Å². The van der Waals surface area contributed by atoms with Crippen molar-refractivity contribution in [3.8, 4) is 11.5 Å². The molecule has 55 heavy (non-hydrogen) atoms. The van der Waals surface area contributed by atoms with E-state index in [1.807, 2.05) is 6.92 Å². The fourth-order valence-electron chi connectivity index (χ4n) is 7.18. The molecule has 3 aromatic rings. The van der Waals surface area contributed by atoms with E-state index in [4.69, 9.17) is 20.4 Å². The fraction of sp³-hybridized carbons (Fsp3) is 0.412. The summed E-state index contributed by atoms with van der Waals surface area (Å²) in [4.78, 5) is 87.4. The Bertz CT molecular complexity index is 2210. The first-order valence-corrected chi connectivity index (χ1v) is 19.0. The maximum absolute atomic E-state index is 13.8. The number of phenols is 2. The third-order valence-electron chi connectivity index (χ3n) is 9.75. The number of likely N-dealkylation sites (tertiary alicyclic amines) is 1. The molecule has 1 aromatic carbocycles. The molecule has 5 heterocycles. The molecule has 292 valence electrons. The van der Waals surface area contributed by atoms with Gasteiger partial charge in [-0.25, -0.2) is 14.6 Å². The number of thiazole rings is 1. The molecule has 2 saturated heterocycles. The van der Waals surface area contributed by atoms with Crippen molar-refractivity contribution in [1.29, 1.82) is 0 Å². The number of hydrogen-bond acceptors (Lipinski definition) is 15. The van der Waals surface area contributed by atoms with Crippen molar-refractivity contribution in [2.75, 3.05) is 38.2 Å². The molecule has 21 heteroatoms. The highest BCUT2D eigenvalue weighted by atomic mass is 32.2. The van der Waals surface area contributed by atoms with Crippen LogP contribution in [-0.4, -0.2) is 125 Å². The van der Waals surface area contributed by atoms with Crippen molar-refractivity contribution in [3.05, 3.63) is 56.5 Å². The number of phenolic OH excluding ortho intramolecular Hbond substituents is 2. The van der Waals surface area contributed by atoms with Crippen LogP contribution in [0.15, 0.2) is 44.9 Å². The topological polar surface area (TPSA) is 273 Å². The summed E-state index contributed by atoms with van der Waals surface area (Å²) in [5.41, 5.74) is 6.17. The van der Waals surface area contributed by atoms with Crippen molar-refractivity contribution in [2.45, 2.75) is 56.8 Å². The lowest BCUT2D eigenvalue weighted by atomic mass is 10.0. The number of hydrogen-bond donors (Lipinski definition) is 6. The molecule has 3 aliphatic heterocycles. The molecule has 3 aliphatic rings. The molecule has 0 aliphatic carbocycles. The van der Waals surface area contributed by atoms with E-state index < -0.39 is 59.4 Å². The summed E-state index contributed by atoms with van der Waals surface area (Å²) < 4.78 is 7.26. The van der Waals surface area contributed by atoms with Gasteiger partial charge in [-0.15, -0.1) is 23.1 Å². The second-order valence-electron chi connectivity index (χ2n) is 13.3. The number of oxime groups is 1. The summed E-state index contributed by atoms with van der Waals surface area (Å²) in [6.07, 6.45) is 0.516. The Morgan fingerprint density at radius 3 is 2.49 bits per heavy atom. The zero-order valence-electron chi connectivity index (χ0n) is 29.6. The summed E-state index contributed by atoms with van der Waals surface area (Å²) in [5.74, 6) is -5.94. The van der Waals surface area contributed by atoms with Gasteiger partial charge in [0.1, 0.15) is 35.9 Å². The zero-order chi connectivity index (χ0) is 39.8. The summed E-state index contributed by atoms with van der Waals surface area (Å²) in [6.45, 7) is 4.25. The van der Waals surface area contributed by atoms with Crippen LogP contribution < -0.4 is 16.5 Å². The van der Waals surface area contributed by atoms with E-state index >= 15 is 0 Å². The lowest BCUT2D eigenvalue weighted by molar-refractivity contribution is -0.925. The minimum atomic E-state index is -1.93. The highest BCUT2D eigenvalue weighted by molar-refractivity contribution is 8.00. The van der Waals surface area contributed by atoms with Crippen LogP contribution in [0.5, 0.6) is 11.5 Å². The van der Waals surface area contributed by atoms with Gasteiger partial charge in [-0.05, 0) is 19.1 Å². The van der Waals surface area contributed by atoms with Crippen LogP contribution in [0, 0.1) is 0 Å². The van der Waals surface area contributed by atoms with Gasteiger partial charge >= 0.3 is 17.9 Å². The monoisotopic (exact) mass is 800 g/mol. The highest BCUT2D eigenvalue weighted by Crippen LogP contribution is 2.42. The number of aryl methyl sites for hydroxylation is 1. The summed E-state index contributed by atoms with van der Waals surface area (Å²) >= 11 is 2.24. The predicted octanol–water partition coefficient (Wildman–Crippen LogP) is 0.758. The molecular formula is C34H38N7O12S2+. The number of nitrogen functional groups attached to an aromatic ring is 1. The van der Waals surface area contributed by atoms with E-state index in [1.165, 1.54) is 41.3 Å². The number of fused-ring (bicyclic) bond motifs is 2. The summed E-state index contributed by atoms with van der Waals surface area (Å²) in [7, 11) is 1.19. The van der Waals surface area contributed by atoms with Gasteiger partial charge in [-0.1, -0.05) is 5.16 Å². The van der Waals surface area contributed by atoms with Gasteiger partial charge < -0.3 is 50.1 Å². The second-order valence-corrected chi connectivity index (χ2v) is 15.3.